The van der Waals surface area contributed by atoms with Crippen LogP contribution in [0.5, 0.6) is 0 Å². The Labute approximate surface area is 203 Å². The van der Waals surface area contributed by atoms with Crippen molar-refractivity contribution < 1.29 is 13.2 Å². The highest BCUT2D eigenvalue weighted by Crippen LogP contribution is 2.36. The summed E-state index contributed by atoms with van der Waals surface area (Å²) in [5.41, 5.74) is 2.89. The van der Waals surface area contributed by atoms with Crippen LogP contribution in [0.1, 0.15) is 46.6 Å². The maximum absolute atomic E-state index is 13.6. The molecule has 1 aliphatic heterocycles. The van der Waals surface area contributed by atoms with Crippen LogP contribution in [0.3, 0.4) is 0 Å². The Hall–Kier alpha value is -1.87. The van der Waals surface area contributed by atoms with E-state index in [4.69, 9.17) is 16.3 Å². The molecule has 0 spiro atoms. The van der Waals surface area contributed by atoms with Gasteiger partial charge in [-0.3, -0.25) is 4.98 Å². The Balaban J connectivity index is 1.85. The van der Waals surface area contributed by atoms with Gasteiger partial charge in [0.15, 0.2) is 0 Å². The summed E-state index contributed by atoms with van der Waals surface area (Å²) in [6.45, 7) is 11.9. The first-order valence-electron chi connectivity index (χ1n) is 11.5. The van der Waals surface area contributed by atoms with Gasteiger partial charge in [0, 0.05) is 37.0 Å². The highest BCUT2D eigenvalue weighted by molar-refractivity contribution is 7.89. The zero-order valence-electron chi connectivity index (χ0n) is 20.1. The van der Waals surface area contributed by atoms with Crippen molar-refractivity contribution in [1.82, 2.24) is 9.29 Å². The number of sulfonamides is 1. The number of hydrogen-bond donors (Lipinski definition) is 1. The van der Waals surface area contributed by atoms with E-state index in [1.807, 2.05) is 26.0 Å². The smallest absolute Gasteiger partial charge is 0.243 e. The van der Waals surface area contributed by atoms with Crippen LogP contribution in [0.25, 0.3) is 0 Å². The number of nitrogens with zero attached hydrogens (tertiary/aromatic N) is 3. The molecule has 9 heteroatoms. The second kappa shape index (κ2) is 11.0. The maximum atomic E-state index is 13.6. The van der Waals surface area contributed by atoms with Crippen LogP contribution in [0.2, 0.25) is 5.02 Å². The van der Waals surface area contributed by atoms with Gasteiger partial charge in [0.1, 0.15) is 0 Å². The molecule has 3 rings (SSSR count). The lowest BCUT2D eigenvalue weighted by atomic mass is 10.0. The first kappa shape index (κ1) is 25.7. The summed E-state index contributed by atoms with van der Waals surface area (Å²) < 4.78 is 34.3. The molecule has 0 bridgehead atoms. The van der Waals surface area contributed by atoms with Crippen molar-refractivity contribution in [2.45, 2.75) is 64.7 Å². The minimum absolute atomic E-state index is 0.0783. The monoisotopic (exact) mass is 494 g/mol. The highest BCUT2D eigenvalue weighted by Gasteiger charge is 2.32. The van der Waals surface area contributed by atoms with Gasteiger partial charge in [0.05, 0.1) is 35.2 Å². The Morgan fingerprint density at radius 2 is 2.03 bits per heavy atom. The minimum atomic E-state index is -3.72. The van der Waals surface area contributed by atoms with Crippen LogP contribution >= 0.6 is 11.6 Å². The van der Waals surface area contributed by atoms with Gasteiger partial charge in [-0.25, -0.2) is 8.42 Å². The molecule has 0 saturated carbocycles. The Morgan fingerprint density at radius 3 is 2.67 bits per heavy atom. The highest BCUT2D eigenvalue weighted by atomic mass is 35.5. The van der Waals surface area contributed by atoms with E-state index in [1.165, 1.54) is 0 Å². The van der Waals surface area contributed by atoms with Crippen LogP contribution in [-0.2, 0) is 21.3 Å². The molecule has 1 aromatic carbocycles. The van der Waals surface area contributed by atoms with Crippen LogP contribution in [-0.4, -0.2) is 49.7 Å². The summed E-state index contributed by atoms with van der Waals surface area (Å²) in [6, 6.07) is 6.79. The van der Waals surface area contributed by atoms with Gasteiger partial charge in [-0.1, -0.05) is 38.4 Å². The number of aromatic nitrogens is 1. The Bertz CT molecular complexity index is 1050. The standard InChI is InChI=1S/C24H35ClN4O3S/c1-6-29(20(12-17(3)4)16-32-7-2)33(30,31)21-9-8-19(22(25)13-21)15-28-18(5)27-23-14-26-11-10-24(23)28/h8-11,13-14,17-18,20,27H,6-7,12,15-16H2,1-5H3. The first-order chi connectivity index (χ1) is 15.7. The van der Waals surface area contributed by atoms with Gasteiger partial charge < -0.3 is 15.0 Å². The second-order valence-corrected chi connectivity index (χ2v) is 11.0. The van der Waals surface area contributed by atoms with Gasteiger partial charge in [0.2, 0.25) is 10.0 Å². The summed E-state index contributed by atoms with van der Waals surface area (Å²) in [4.78, 5) is 6.56. The molecule has 2 unspecified atom stereocenters. The Morgan fingerprint density at radius 1 is 1.27 bits per heavy atom. The van der Waals surface area contributed by atoms with Gasteiger partial charge >= 0.3 is 0 Å². The second-order valence-electron chi connectivity index (χ2n) is 8.75. The van der Waals surface area contributed by atoms with Crippen molar-refractivity contribution >= 4 is 33.0 Å². The van der Waals surface area contributed by atoms with E-state index in [-0.39, 0.29) is 17.1 Å². The van der Waals surface area contributed by atoms with Crippen molar-refractivity contribution in [3.8, 4) is 0 Å². The topological polar surface area (TPSA) is 74.8 Å². The number of hydrogen-bond acceptors (Lipinski definition) is 6. The molecule has 1 N–H and O–H groups in total. The molecule has 1 aliphatic rings. The number of benzene rings is 1. The average molecular weight is 495 g/mol. The molecule has 0 amide bonds. The predicted octanol–water partition coefficient (Wildman–Crippen LogP) is 4.97. The number of pyridine rings is 1. The quantitative estimate of drug-likeness (QED) is 0.475. The molecular weight excluding hydrogens is 460 g/mol. The molecule has 2 heterocycles. The SMILES string of the molecule is CCOCC(CC(C)C)N(CC)S(=O)(=O)c1ccc(CN2c3ccncc3NC2C)c(Cl)c1. The van der Waals surface area contributed by atoms with E-state index in [9.17, 15) is 8.42 Å². The fraction of sp³-hybridized carbons (Fsp3) is 0.542. The van der Waals surface area contributed by atoms with Gasteiger partial charge in [-0.2, -0.15) is 4.31 Å². The van der Waals surface area contributed by atoms with Gasteiger partial charge in [-0.15, -0.1) is 0 Å². The van der Waals surface area contributed by atoms with E-state index >= 15 is 0 Å². The van der Waals surface area contributed by atoms with E-state index in [0.29, 0.717) is 37.2 Å². The largest absolute Gasteiger partial charge is 0.380 e. The van der Waals surface area contributed by atoms with E-state index in [0.717, 1.165) is 23.4 Å². The fourth-order valence-electron chi connectivity index (χ4n) is 4.31. The van der Waals surface area contributed by atoms with Crippen LogP contribution < -0.4 is 10.2 Å². The normalized spacial score (nSPS) is 16.8. The molecular formula is C24H35ClN4O3S. The number of fused-ring (bicyclic) bond motifs is 1. The number of halogens is 1. The summed E-state index contributed by atoms with van der Waals surface area (Å²) in [6.07, 6.45) is 4.37. The third-order valence-corrected chi connectivity index (χ3v) is 8.26. The first-order valence-corrected chi connectivity index (χ1v) is 13.4. The molecule has 0 fully saturated rings. The average Bonchev–Trinajstić information content (AvgIpc) is 3.08. The van der Waals surface area contributed by atoms with Crippen molar-refractivity contribution in [1.29, 1.82) is 0 Å². The van der Waals surface area contributed by atoms with Crippen molar-refractivity contribution in [3.63, 3.8) is 0 Å². The lowest BCUT2D eigenvalue weighted by Crippen LogP contribution is -2.43. The fourth-order valence-corrected chi connectivity index (χ4v) is 6.27. The summed E-state index contributed by atoms with van der Waals surface area (Å²) >= 11 is 6.62. The number of likely N-dealkylation sites (N-methyl/N-ethyl adjacent to an activating group) is 1. The number of ether oxygens (including phenoxy) is 1. The lowest BCUT2D eigenvalue weighted by molar-refractivity contribution is 0.0901. The minimum Gasteiger partial charge on any atom is -0.380 e. The molecule has 2 atom stereocenters. The molecule has 0 radical (unpaired) electrons. The van der Waals surface area contributed by atoms with Crippen LogP contribution in [0.4, 0.5) is 11.4 Å². The van der Waals surface area contributed by atoms with Gasteiger partial charge in [-0.05, 0) is 49.9 Å². The van der Waals surface area contributed by atoms with E-state index < -0.39 is 10.0 Å². The molecule has 7 nitrogen and oxygen atoms in total. The molecule has 0 saturated heterocycles. The van der Waals surface area contributed by atoms with E-state index in [2.05, 4.69) is 36.0 Å². The predicted molar refractivity (Wildman–Crippen MR) is 134 cm³/mol. The molecule has 33 heavy (non-hydrogen) atoms. The van der Waals surface area contributed by atoms with Gasteiger partial charge in [0.25, 0.3) is 0 Å². The molecule has 2 aromatic rings. The number of nitrogens with one attached hydrogen (secondary N) is 1. The van der Waals surface area contributed by atoms with E-state index in [1.54, 1.807) is 28.8 Å². The van der Waals surface area contributed by atoms with Crippen LogP contribution in [0, 0.1) is 5.92 Å². The molecule has 0 aliphatic carbocycles. The summed E-state index contributed by atoms with van der Waals surface area (Å²) in [7, 11) is -3.72. The van der Waals surface area contributed by atoms with Crippen molar-refractivity contribution in [2.24, 2.45) is 5.92 Å². The maximum Gasteiger partial charge on any atom is 0.243 e. The summed E-state index contributed by atoms with van der Waals surface area (Å²) in [5, 5.41) is 3.83. The lowest BCUT2D eigenvalue weighted by Gasteiger charge is -2.31. The van der Waals surface area contributed by atoms with Crippen molar-refractivity contribution in [2.75, 3.05) is 30.0 Å². The van der Waals surface area contributed by atoms with Crippen LogP contribution in [0.15, 0.2) is 41.6 Å². The Kier molecular flexibility index (Phi) is 8.61. The third-order valence-electron chi connectivity index (χ3n) is 5.89. The number of anilines is 2. The zero-order valence-corrected chi connectivity index (χ0v) is 21.7. The van der Waals surface area contributed by atoms with Crippen molar-refractivity contribution in [3.05, 3.63) is 47.2 Å². The molecule has 182 valence electrons. The zero-order chi connectivity index (χ0) is 24.2. The third kappa shape index (κ3) is 5.80. The number of rotatable bonds is 11. The summed E-state index contributed by atoms with van der Waals surface area (Å²) in [5.74, 6) is 0.347. The molecule has 1 aromatic heterocycles.